The van der Waals surface area contributed by atoms with E-state index in [-0.39, 0.29) is 18.6 Å². The molecular weight excluding hydrogens is 306 g/mol. The van der Waals surface area contributed by atoms with Crippen molar-refractivity contribution in [1.82, 2.24) is 9.47 Å². The summed E-state index contributed by atoms with van der Waals surface area (Å²) in [5.41, 5.74) is 1.60. The van der Waals surface area contributed by atoms with E-state index in [9.17, 15) is 4.79 Å². The molecule has 0 saturated carbocycles. The predicted octanol–water partition coefficient (Wildman–Crippen LogP) is 1.88. The summed E-state index contributed by atoms with van der Waals surface area (Å²) >= 11 is 0. The lowest BCUT2D eigenvalue weighted by Crippen LogP contribution is -2.45. The summed E-state index contributed by atoms with van der Waals surface area (Å²) < 4.78 is 13.1. The number of hydrogen-bond donors (Lipinski definition) is 0. The van der Waals surface area contributed by atoms with Crippen LogP contribution in [0.15, 0.2) is 42.6 Å². The van der Waals surface area contributed by atoms with E-state index in [0.29, 0.717) is 31.1 Å². The van der Waals surface area contributed by atoms with E-state index in [0.717, 1.165) is 5.69 Å². The van der Waals surface area contributed by atoms with Crippen molar-refractivity contribution in [3.63, 3.8) is 0 Å². The number of aryl methyl sites for hydroxylation is 1. The first kappa shape index (κ1) is 16.1. The largest absolute Gasteiger partial charge is 0.484 e. The maximum absolute atomic E-state index is 12.6. The maximum atomic E-state index is 12.6. The Balaban J connectivity index is 1.66. The van der Waals surface area contributed by atoms with E-state index in [4.69, 9.17) is 14.7 Å². The lowest BCUT2D eigenvalue weighted by Gasteiger charge is -2.35. The number of nitriles is 1. The van der Waals surface area contributed by atoms with Crippen LogP contribution in [0.2, 0.25) is 0 Å². The SMILES string of the molecule is Cn1cccc1[C@@H]1COCCN1C(=O)COc1ccc(C#N)cc1. The topological polar surface area (TPSA) is 67.5 Å². The molecule has 1 aliphatic heterocycles. The molecule has 124 valence electrons. The Labute approximate surface area is 140 Å². The quantitative estimate of drug-likeness (QED) is 0.861. The highest BCUT2D eigenvalue weighted by atomic mass is 16.5. The van der Waals surface area contributed by atoms with Gasteiger partial charge in [-0.05, 0) is 36.4 Å². The molecule has 3 rings (SSSR count). The third-order valence-electron chi connectivity index (χ3n) is 4.12. The van der Waals surface area contributed by atoms with E-state index in [1.54, 1.807) is 24.3 Å². The van der Waals surface area contributed by atoms with Gasteiger partial charge < -0.3 is 18.9 Å². The zero-order valence-electron chi connectivity index (χ0n) is 13.5. The van der Waals surface area contributed by atoms with Gasteiger partial charge in [0.15, 0.2) is 6.61 Å². The van der Waals surface area contributed by atoms with Gasteiger partial charge in [-0.25, -0.2) is 0 Å². The van der Waals surface area contributed by atoms with Crippen molar-refractivity contribution in [2.24, 2.45) is 7.05 Å². The molecule has 1 atom stereocenters. The van der Waals surface area contributed by atoms with Crippen LogP contribution < -0.4 is 4.74 Å². The van der Waals surface area contributed by atoms with Gasteiger partial charge >= 0.3 is 0 Å². The van der Waals surface area contributed by atoms with Gasteiger partial charge in [0.1, 0.15) is 5.75 Å². The highest BCUT2D eigenvalue weighted by Gasteiger charge is 2.30. The van der Waals surface area contributed by atoms with Crippen LogP contribution in [0.3, 0.4) is 0 Å². The molecule has 0 aliphatic carbocycles. The minimum Gasteiger partial charge on any atom is -0.484 e. The van der Waals surface area contributed by atoms with Gasteiger partial charge in [-0.15, -0.1) is 0 Å². The molecule has 0 radical (unpaired) electrons. The summed E-state index contributed by atoms with van der Waals surface area (Å²) in [5, 5.41) is 8.79. The molecule has 1 saturated heterocycles. The third kappa shape index (κ3) is 3.42. The molecule has 1 amide bonds. The molecule has 6 nitrogen and oxygen atoms in total. The van der Waals surface area contributed by atoms with Crippen molar-refractivity contribution >= 4 is 5.91 Å². The summed E-state index contributed by atoms with van der Waals surface area (Å²) in [7, 11) is 1.96. The Morgan fingerprint density at radius 1 is 1.38 bits per heavy atom. The van der Waals surface area contributed by atoms with Crippen LogP contribution in [0.1, 0.15) is 17.3 Å². The number of hydrogen-bond acceptors (Lipinski definition) is 4. The van der Waals surface area contributed by atoms with Crippen LogP contribution in [-0.2, 0) is 16.6 Å². The van der Waals surface area contributed by atoms with Gasteiger partial charge in [-0.1, -0.05) is 0 Å². The van der Waals surface area contributed by atoms with Crippen molar-refractivity contribution in [2.75, 3.05) is 26.4 Å². The molecule has 1 fully saturated rings. The van der Waals surface area contributed by atoms with Crippen molar-refractivity contribution in [3.8, 4) is 11.8 Å². The van der Waals surface area contributed by atoms with Gasteiger partial charge in [0.05, 0.1) is 30.9 Å². The Hall–Kier alpha value is -2.78. The number of benzene rings is 1. The fourth-order valence-electron chi connectivity index (χ4n) is 2.82. The number of carbonyl (C=O) groups excluding carboxylic acids is 1. The number of nitrogens with zero attached hydrogens (tertiary/aromatic N) is 3. The van der Waals surface area contributed by atoms with E-state index in [2.05, 4.69) is 6.07 Å². The molecule has 0 bridgehead atoms. The molecule has 0 N–H and O–H groups in total. The zero-order valence-corrected chi connectivity index (χ0v) is 13.5. The molecular formula is C18H19N3O3. The number of ether oxygens (including phenoxy) is 2. The van der Waals surface area contributed by atoms with E-state index < -0.39 is 0 Å². The Morgan fingerprint density at radius 2 is 2.17 bits per heavy atom. The number of amides is 1. The summed E-state index contributed by atoms with van der Waals surface area (Å²) in [6.45, 7) is 1.53. The highest BCUT2D eigenvalue weighted by molar-refractivity contribution is 5.78. The number of aromatic nitrogens is 1. The average molecular weight is 325 g/mol. The third-order valence-corrected chi connectivity index (χ3v) is 4.12. The van der Waals surface area contributed by atoms with Crippen LogP contribution in [0, 0.1) is 11.3 Å². The highest BCUT2D eigenvalue weighted by Crippen LogP contribution is 2.24. The lowest BCUT2D eigenvalue weighted by molar-refractivity contribution is -0.142. The first-order valence-corrected chi connectivity index (χ1v) is 7.80. The van der Waals surface area contributed by atoms with Crippen molar-refractivity contribution in [1.29, 1.82) is 5.26 Å². The number of morpholine rings is 1. The molecule has 2 aromatic rings. The average Bonchev–Trinajstić information content (AvgIpc) is 3.06. The number of carbonyl (C=O) groups is 1. The van der Waals surface area contributed by atoms with Gasteiger partial charge in [0.2, 0.25) is 0 Å². The van der Waals surface area contributed by atoms with Crippen molar-refractivity contribution in [3.05, 3.63) is 53.9 Å². The van der Waals surface area contributed by atoms with Gasteiger partial charge in [0, 0.05) is 25.5 Å². The fraction of sp³-hybridized carbons (Fsp3) is 0.333. The molecule has 1 aromatic carbocycles. The summed E-state index contributed by atoms with van der Waals surface area (Å²) in [6.07, 6.45) is 1.96. The van der Waals surface area contributed by atoms with Crippen molar-refractivity contribution < 1.29 is 14.3 Å². The lowest BCUT2D eigenvalue weighted by atomic mass is 10.1. The predicted molar refractivity (Wildman–Crippen MR) is 87.3 cm³/mol. The molecule has 2 heterocycles. The summed E-state index contributed by atoms with van der Waals surface area (Å²) in [4.78, 5) is 14.4. The minimum atomic E-state index is -0.101. The molecule has 0 unspecified atom stereocenters. The standard InChI is InChI=1S/C18H19N3O3/c1-20-8-2-3-16(20)17-12-23-10-9-21(17)18(22)13-24-15-6-4-14(11-19)5-7-15/h2-8,17H,9-10,12-13H2,1H3/t17-/m0/s1. The Kier molecular flexibility index (Phi) is 4.82. The number of rotatable bonds is 4. The van der Waals surface area contributed by atoms with E-state index >= 15 is 0 Å². The molecule has 24 heavy (non-hydrogen) atoms. The van der Waals surface area contributed by atoms with Gasteiger partial charge in [-0.3, -0.25) is 4.79 Å². The second-order valence-electron chi connectivity index (χ2n) is 5.65. The van der Waals surface area contributed by atoms with Crippen LogP contribution in [0.5, 0.6) is 5.75 Å². The summed E-state index contributed by atoms with van der Waals surface area (Å²) in [6, 6.07) is 12.6. The smallest absolute Gasteiger partial charge is 0.261 e. The van der Waals surface area contributed by atoms with Crippen molar-refractivity contribution in [2.45, 2.75) is 6.04 Å². The molecule has 0 spiro atoms. The Bertz CT molecular complexity index is 746. The van der Waals surface area contributed by atoms with Crippen LogP contribution >= 0.6 is 0 Å². The molecule has 1 aliphatic rings. The van der Waals surface area contributed by atoms with Crippen LogP contribution in [0.4, 0.5) is 0 Å². The Morgan fingerprint density at radius 3 is 2.83 bits per heavy atom. The van der Waals surface area contributed by atoms with E-state index in [1.807, 2.05) is 34.8 Å². The molecule has 1 aromatic heterocycles. The second kappa shape index (κ2) is 7.20. The van der Waals surface area contributed by atoms with Gasteiger partial charge in [-0.2, -0.15) is 5.26 Å². The fourth-order valence-corrected chi connectivity index (χ4v) is 2.82. The van der Waals surface area contributed by atoms with Crippen LogP contribution in [0.25, 0.3) is 0 Å². The molecule has 6 heteroatoms. The normalized spacial score (nSPS) is 17.3. The zero-order chi connectivity index (χ0) is 16.9. The maximum Gasteiger partial charge on any atom is 0.261 e. The first-order valence-electron chi connectivity index (χ1n) is 7.80. The van der Waals surface area contributed by atoms with Gasteiger partial charge in [0.25, 0.3) is 5.91 Å². The summed E-state index contributed by atoms with van der Waals surface area (Å²) in [5.74, 6) is 0.500. The first-order chi connectivity index (χ1) is 11.7. The minimum absolute atomic E-state index is 0.0349. The second-order valence-corrected chi connectivity index (χ2v) is 5.65. The van der Waals surface area contributed by atoms with E-state index in [1.165, 1.54) is 0 Å². The van der Waals surface area contributed by atoms with Crippen LogP contribution in [-0.4, -0.2) is 41.7 Å². The monoisotopic (exact) mass is 325 g/mol.